The minimum Gasteiger partial charge on any atom is -0.741 e. The first kappa shape index (κ1) is 29.3. The van der Waals surface area contributed by atoms with Gasteiger partial charge in [-0.05, 0) is 68.5 Å². The van der Waals surface area contributed by atoms with Gasteiger partial charge in [-0.2, -0.15) is 15.3 Å². The van der Waals surface area contributed by atoms with Crippen molar-refractivity contribution in [2.24, 2.45) is 15.3 Å². The molecule has 1 aromatic carbocycles. The van der Waals surface area contributed by atoms with E-state index in [1.807, 2.05) is 60.2 Å². The van der Waals surface area contributed by atoms with Crippen molar-refractivity contribution in [1.82, 2.24) is 15.2 Å². The molecule has 0 saturated heterocycles. The van der Waals surface area contributed by atoms with Gasteiger partial charge in [0.05, 0.1) is 11.4 Å². The Morgan fingerprint density at radius 3 is 2.18 bits per heavy atom. The number of likely N-dealkylation sites (N-methyl/N-ethyl adjacent to an activating group) is 1. The van der Waals surface area contributed by atoms with E-state index < -0.39 is 0 Å². The normalized spacial score (nSPS) is 12.6. The van der Waals surface area contributed by atoms with Crippen molar-refractivity contribution in [3.63, 3.8) is 0 Å². The topological polar surface area (TPSA) is 80.5 Å². The Labute approximate surface area is 219 Å². The average molecular weight is 529 g/mol. The van der Waals surface area contributed by atoms with Gasteiger partial charge in [0.2, 0.25) is 0 Å². The zero-order valence-electron chi connectivity index (χ0n) is 20.5. The van der Waals surface area contributed by atoms with E-state index in [2.05, 4.69) is 71.2 Å². The molecule has 0 amide bonds. The van der Waals surface area contributed by atoms with Crippen molar-refractivity contribution < 1.29 is 17.1 Å². The summed E-state index contributed by atoms with van der Waals surface area (Å²) in [5, 5.41) is 15.9. The van der Waals surface area contributed by atoms with Crippen molar-refractivity contribution in [3.8, 4) is 0 Å². The van der Waals surface area contributed by atoms with E-state index in [4.69, 9.17) is 12.6 Å². The summed E-state index contributed by atoms with van der Waals surface area (Å²) < 4.78 is 0. The first-order chi connectivity index (χ1) is 15.7. The number of nitrogens with zero attached hydrogens (tertiary/aromatic N) is 6. The average Bonchev–Trinajstić information content (AvgIpc) is 2.80. The maximum atomic E-state index is 5.16. The molecular weight excluding hydrogens is 496 g/mol. The van der Waals surface area contributed by atoms with Crippen LogP contribution in [0.15, 0.2) is 57.9 Å². The van der Waals surface area contributed by atoms with Crippen LogP contribution < -0.4 is 15.6 Å². The fourth-order valence-corrected chi connectivity index (χ4v) is 2.63. The Hall–Kier alpha value is -2.78. The summed E-state index contributed by atoms with van der Waals surface area (Å²) in [7, 11) is 8.06. The van der Waals surface area contributed by atoms with Gasteiger partial charge in [-0.1, -0.05) is 24.3 Å². The number of anilines is 2. The number of hydrazone groups is 1. The maximum Gasteiger partial charge on any atom is 1.00 e. The van der Waals surface area contributed by atoms with Gasteiger partial charge in [-0.15, -0.1) is 0 Å². The predicted octanol–water partition coefficient (Wildman–Crippen LogP) is 3.53. The fourth-order valence-electron chi connectivity index (χ4n) is 2.48. The third-order valence-electron chi connectivity index (χ3n) is 4.65. The van der Waals surface area contributed by atoms with Gasteiger partial charge in [-0.3, -0.25) is 5.43 Å². The van der Waals surface area contributed by atoms with E-state index >= 15 is 0 Å². The summed E-state index contributed by atoms with van der Waals surface area (Å²) in [6.07, 6.45) is 5.89. The second-order valence-electron chi connectivity index (χ2n) is 7.93. The standard InChI is InChI=1S/C24H34N8S.Cu/c1-18(19(2)28-30-24(33)25-15-16-31(3)4)27-29-23-14-11-21(17-26-23)8-7-20-9-12-22(13-10-20)32(5)6;/h7-14,17H,15-16H2,1-6H3,(H,26,29)(H2,25,30,33);/q;+1/p-1/b8-7+,27-18+,28-19+;. The number of nitrogens with one attached hydrogen (secondary N) is 2. The molecule has 0 unspecified atom stereocenters. The molecule has 0 atom stereocenters. The van der Waals surface area contributed by atoms with Crippen LogP contribution in [0.25, 0.3) is 12.2 Å². The Morgan fingerprint density at radius 2 is 1.59 bits per heavy atom. The maximum absolute atomic E-state index is 5.16. The van der Waals surface area contributed by atoms with Crippen LogP contribution in [0.2, 0.25) is 0 Å². The van der Waals surface area contributed by atoms with Crippen LogP contribution in [-0.4, -0.2) is 67.8 Å². The molecule has 1 aromatic heterocycles. The summed E-state index contributed by atoms with van der Waals surface area (Å²) in [4.78, 5) is 8.55. The van der Waals surface area contributed by atoms with Crippen molar-refractivity contribution in [2.45, 2.75) is 13.8 Å². The summed E-state index contributed by atoms with van der Waals surface area (Å²) in [5.41, 5.74) is 7.62. The van der Waals surface area contributed by atoms with Gasteiger partial charge in [0.15, 0.2) is 0 Å². The number of hydrogen-bond acceptors (Lipinski definition) is 8. The first-order valence-corrected chi connectivity index (χ1v) is 11.1. The third-order valence-corrected chi connectivity index (χ3v) is 4.88. The Balaban J connectivity index is 0.00000578. The van der Waals surface area contributed by atoms with Crippen LogP contribution in [-0.2, 0) is 29.7 Å². The predicted molar refractivity (Wildman–Crippen MR) is 145 cm³/mol. The minimum atomic E-state index is 0. The van der Waals surface area contributed by atoms with Crippen LogP contribution in [0.1, 0.15) is 25.0 Å². The quantitative estimate of drug-likeness (QED) is 0.161. The second-order valence-corrected chi connectivity index (χ2v) is 8.31. The molecule has 8 nitrogen and oxygen atoms in total. The molecule has 0 spiro atoms. The summed E-state index contributed by atoms with van der Waals surface area (Å²) in [5.74, 6) is 0.646. The molecule has 0 aliphatic heterocycles. The van der Waals surface area contributed by atoms with Crippen molar-refractivity contribution >= 4 is 52.9 Å². The molecular formula is C24H33CuN8S. The van der Waals surface area contributed by atoms with E-state index in [1.165, 1.54) is 5.69 Å². The zero-order chi connectivity index (χ0) is 24.2. The number of pyridine rings is 1. The molecule has 0 aliphatic carbocycles. The van der Waals surface area contributed by atoms with Gasteiger partial charge in [-0.25, -0.2) is 4.98 Å². The van der Waals surface area contributed by atoms with E-state index in [1.54, 1.807) is 6.20 Å². The molecule has 2 rings (SSSR count). The van der Waals surface area contributed by atoms with Gasteiger partial charge in [0, 0.05) is 39.1 Å². The van der Waals surface area contributed by atoms with Gasteiger partial charge < -0.3 is 27.7 Å². The molecule has 2 aromatic rings. The molecule has 186 valence electrons. The Kier molecular flexibility index (Phi) is 13.1. The number of rotatable bonds is 10. The van der Waals surface area contributed by atoms with E-state index in [0.717, 1.165) is 24.2 Å². The molecule has 34 heavy (non-hydrogen) atoms. The zero-order valence-corrected chi connectivity index (χ0v) is 22.3. The molecule has 0 bridgehead atoms. The Morgan fingerprint density at radius 1 is 0.941 bits per heavy atom. The summed E-state index contributed by atoms with van der Waals surface area (Å²) in [6.45, 7) is 5.27. The molecule has 0 saturated carbocycles. The smallest absolute Gasteiger partial charge is 0.741 e. The Bertz CT molecular complexity index is 997. The molecule has 1 heterocycles. The number of hydrogen-bond donors (Lipinski definition) is 2. The first-order valence-electron chi connectivity index (χ1n) is 10.6. The molecule has 10 heteroatoms. The number of benzene rings is 1. The number of aromatic nitrogens is 1. The van der Waals surface area contributed by atoms with Gasteiger partial charge in [0.1, 0.15) is 5.82 Å². The van der Waals surface area contributed by atoms with Crippen molar-refractivity contribution in [3.05, 3.63) is 53.7 Å². The molecule has 0 radical (unpaired) electrons. The van der Waals surface area contributed by atoms with Crippen LogP contribution in [0.3, 0.4) is 0 Å². The minimum absolute atomic E-state index is 0. The van der Waals surface area contributed by atoms with Crippen LogP contribution in [0.5, 0.6) is 0 Å². The third kappa shape index (κ3) is 10.9. The van der Waals surface area contributed by atoms with Crippen LogP contribution in [0, 0.1) is 0 Å². The summed E-state index contributed by atoms with van der Waals surface area (Å²) >= 11 is 5.16. The van der Waals surface area contributed by atoms with Crippen molar-refractivity contribution in [2.75, 3.05) is 51.6 Å². The molecule has 0 fully saturated rings. The molecule has 0 aliphatic rings. The van der Waals surface area contributed by atoms with Crippen molar-refractivity contribution in [1.29, 1.82) is 0 Å². The van der Waals surface area contributed by atoms with Crippen LogP contribution >= 0.6 is 0 Å². The van der Waals surface area contributed by atoms with E-state index in [9.17, 15) is 0 Å². The van der Waals surface area contributed by atoms with E-state index in [0.29, 0.717) is 22.4 Å². The van der Waals surface area contributed by atoms with Gasteiger partial charge >= 0.3 is 17.1 Å². The largest absolute Gasteiger partial charge is 1.00 e. The SMILES string of the molecule is CC(=N\N=C(/[S-])NCCN(C)C)/C(C)=N/Nc1ccc(/C=C/c2ccc(N(C)C)cc2)cn1.[Cu+]. The fraction of sp³-hybridized carbons (Fsp3) is 0.333. The number of amidine groups is 1. The van der Waals surface area contributed by atoms with Gasteiger partial charge in [0.25, 0.3) is 0 Å². The summed E-state index contributed by atoms with van der Waals surface area (Å²) in [6, 6.07) is 12.2. The second kappa shape index (κ2) is 15.2. The monoisotopic (exact) mass is 528 g/mol. The molecule has 2 N–H and O–H groups in total. The van der Waals surface area contributed by atoms with E-state index in [-0.39, 0.29) is 17.1 Å². The van der Waals surface area contributed by atoms with Crippen LogP contribution in [0.4, 0.5) is 11.5 Å².